The predicted octanol–water partition coefficient (Wildman–Crippen LogP) is 4.58. The molecule has 2 saturated heterocycles. The fraction of sp³-hybridized carbons (Fsp3) is 0.560. The van der Waals surface area contributed by atoms with E-state index in [0.29, 0.717) is 30.9 Å². The molecule has 1 atom stereocenters. The van der Waals surface area contributed by atoms with Gasteiger partial charge >= 0.3 is 6.09 Å². The number of nitrogens with zero attached hydrogens (tertiary/aromatic N) is 3. The zero-order valence-corrected chi connectivity index (χ0v) is 20.3. The summed E-state index contributed by atoms with van der Waals surface area (Å²) in [5, 5.41) is 10.4. The van der Waals surface area contributed by atoms with Crippen molar-refractivity contribution in [2.45, 2.75) is 64.7 Å². The maximum absolute atomic E-state index is 12.9. The van der Waals surface area contributed by atoms with Gasteiger partial charge in [-0.15, -0.1) is 0 Å². The second-order valence-corrected chi connectivity index (χ2v) is 11.5. The third-order valence-corrected chi connectivity index (χ3v) is 8.68. The van der Waals surface area contributed by atoms with Crippen LogP contribution in [-0.2, 0) is 21.7 Å². The smallest absolute Gasteiger partial charge is 0.407 e. The molecule has 176 valence electrons. The molecule has 4 aliphatic rings. The molecule has 1 spiro atoms. The van der Waals surface area contributed by atoms with Crippen molar-refractivity contribution in [1.29, 1.82) is 0 Å². The molecule has 0 aliphatic carbocycles. The Bertz CT molecular complexity index is 1050. The number of fused-ring (bicyclic) bond motifs is 2. The largest absolute Gasteiger partial charge is 0.465 e. The van der Waals surface area contributed by atoms with Crippen molar-refractivity contribution >= 4 is 28.9 Å². The van der Waals surface area contributed by atoms with Gasteiger partial charge in [-0.05, 0) is 59.6 Å². The summed E-state index contributed by atoms with van der Waals surface area (Å²) in [5.74, 6) is -0.177. The first kappa shape index (κ1) is 22.5. The Morgan fingerprint density at radius 1 is 1.21 bits per heavy atom. The highest BCUT2D eigenvalue weighted by Crippen LogP contribution is 2.46. The number of amidine groups is 1. The van der Waals surface area contributed by atoms with Crippen molar-refractivity contribution in [3.63, 3.8) is 0 Å². The van der Waals surface area contributed by atoms with Crippen LogP contribution in [0.25, 0.3) is 0 Å². The summed E-state index contributed by atoms with van der Waals surface area (Å²) in [5.41, 5.74) is 3.21. The third kappa shape index (κ3) is 3.97. The molecule has 1 aromatic carbocycles. The first-order valence-corrected chi connectivity index (χ1v) is 12.5. The molecule has 1 unspecified atom stereocenters. The number of carboxylic acid groups (broad SMARTS) is 1. The maximum Gasteiger partial charge on any atom is 0.407 e. The highest BCUT2D eigenvalue weighted by molar-refractivity contribution is 8.18. The Balaban J connectivity index is 1.29. The number of hydrogen-bond acceptors (Lipinski definition) is 5. The van der Waals surface area contributed by atoms with Gasteiger partial charge in [0.15, 0.2) is 5.17 Å². The van der Waals surface area contributed by atoms with E-state index in [4.69, 9.17) is 4.74 Å². The van der Waals surface area contributed by atoms with Crippen LogP contribution in [0, 0.1) is 5.41 Å². The van der Waals surface area contributed by atoms with Crippen LogP contribution in [0.3, 0.4) is 0 Å². The molecule has 5 rings (SSSR count). The predicted molar refractivity (Wildman–Crippen MR) is 128 cm³/mol. The monoisotopic (exact) mass is 469 g/mol. The lowest BCUT2D eigenvalue weighted by molar-refractivity contribution is -0.113. The summed E-state index contributed by atoms with van der Waals surface area (Å²) >= 11 is 1.47. The van der Waals surface area contributed by atoms with E-state index in [0.717, 1.165) is 36.7 Å². The van der Waals surface area contributed by atoms with Gasteiger partial charge < -0.3 is 19.6 Å². The standard InChI is InChI=1S/C25H31N3O4S/c1-24(2,3)19-14-16(8-11-28(19)23(30)31)20-21(29)26-22(33-20)27-12-9-25(10-13-27)18-7-5-4-6-17(18)15-32-25/h4-7,19H,8-15H2,1-3H3,(H,30,31)/b20-16-. The molecule has 0 saturated carbocycles. The number of piperidine rings is 2. The van der Waals surface area contributed by atoms with Crippen LogP contribution in [0.5, 0.6) is 0 Å². The topological polar surface area (TPSA) is 82.4 Å². The molecule has 0 radical (unpaired) electrons. The molecule has 0 bridgehead atoms. The van der Waals surface area contributed by atoms with Crippen LogP contribution in [0.2, 0.25) is 0 Å². The highest BCUT2D eigenvalue weighted by atomic mass is 32.2. The molecule has 4 aliphatic heterocycles. The van der Waals surface area contributed by atoms with Crippen molar-refractivity contribution in [2.75, 3.05) is 19.6 Å². The molecule has 2 fully saturated rings. The Hall–Kier alpha value is -2.32. The van der Waals surface area contributed by atoms with Crippen molar-refractivity contribution < 1.29 is 19.4 Å². The molecule has 1 aromatic rings. The average molecular weight is 470 g/mol. The lowest BCUT2D eigenvalue weighted by Crippen LogP contribution is -2.50. The minimum Gasteiger partial charge on any atom is -0.465 e. The first-order valence-electron chi connectivity index (χ1n) is 11.7. The number of thioether (sulfide) groups is 1. The summed E-state index contributed by atoms with van der Waals surface area (Å²) in [6.07, 6.45) is 2.04. The first-order chi connectivity index (χ1) is 15.7. The van der Waals surface area contributed by atoms with E-state index in [1.807, 2.05) is 0 Å². The minimum atomic E-state index is -0.890. The summed E-state index contributed by atoms with van der Waals surface area (Å²) in [6, 6.07) is 8.31. The molecule has 8 heteroatoms. The van der Waals surface area contributed by atoms with E-state index in [2.05, 4.69) is 54.9 Å². The number of rotatable bonds is 0. The molecular formula is C25H31N3O4S. The Morgan fingerprint density at radius 3 is 2.64 bits per heavy atom. The second-order valence-electron chi connectivity index (χ2n) is 10.5. The number of ether oxygens (including phenoxy) is 1. The van der Waals surface area contributed by atoms with E-state index in [-0.39, 0.29) is 23.0 Å². The van der Waals surface area contributed by atoms with Gasteiger partial charge in [-0.1, -0.05) is 45.0 Å². The minimum absolute atomic E-state index is 0.155. The SMILES string of the molecule is CC(C)(C)C1C/C(=C2\SC(N3CCC4(CC3)OCc3ccccc34)=NC2=O)CCN1C(=O)O. The number of aliphatic imine (C=N–C) groups is 1. The van der Waals surface area contributed by atoms with Gasteiger partial charge in [0.1, 0.15) is 0 Å². The Morgan fingerprint density at radius 2 is 1.94 bits per heavy atom. The summed E-state index contributed by atoms with van der Waals surface area (Å²) < 4.78 is 6.27. The lowest BCUT2D eigenvalue weighted by Gasteiger charge is -2.43. The number of carbonyl (C=O) groups is 2. The quantitative estimate of drug-likeness (QED) is 0.560. The average Bonchev–Trinajstić information content (AvgIpc) is 3.35. The van der Waals surface area contributed by atoms with Gasteiger partial charge in [-0.25, -0.2) is 4.79 Å². The lowest BCUT2D eigenvalue weighted by atomic mass is 9.79. The van der Waals surface area contributed by atoms with Crippen LogP contribution in [0.1, 0.15) is 57.6 Å². The van der Waals surface area contributed by atoms with Gasteiger partial charge in [-0.2, -0.15) is 4.99 Å². The molecule has 2 amide bonds. The van der Waals surface area contributed by atoms with Crippen molar-refractivity contribution in [3.05, 3.63) is 45.9 Å². The highest BCUT2D eigenvalue weighted by Gasteiger charge is 2.44. The molecule has 7 nitrogen and oxygen atoms in total. The van der Waals surface area contributed by atoms with E-state index in [1.54, 1.807) is 0 Å². The van der Waals surface area contributed by atoms with Crippen LogP contribution >= 0.6 is 11.8 Å². The van der Waals surface area contributed by atoms with E-state index < -0.39 is 6.09 Å². The number of hydrogen-bond donors (Lipinski definition) is 1. The number of carbonyl (C=O) groups excluding carboxylic acids is 1. The Labute approximate surface area is 198 Å². The van der Waals surface area contributed by atoms with E-state index >= 15 is 0 Å². The number of benzene rings is 1. The fourth-order valence-corrected chi connectivity index (χ4v) is 6.66. The third-order valence-electron chi connectivity index (χ3n) is 7.48. The van der Waals surface area contributed by atoms with Crippen LogP contribution in [0.4, 0.5) is 4.79 Å². The van der Waals surface area contributed by atoms with Crippen molar-refractivity contribution in [2.24, 2.45) is 10.4 Å². The second kappa shape index (κ2) is 8.17. The van der Waals surface area contributed by atoms with E-state index in [9.17, 15) is 14.7 Å². The van der Waals surface area contributed by atoms with Gasteiger partial charge in [0.25, 0.3) is 5.91 Å². The molecular weight excluding hydrogens is 438 g/mol. The zero-order chi connectivity index (χ0) is 23.4. The summed E-state index contributed by atoms with van der Waals surface area (Å²) in [6.45, 7) is 8.85. The summed E-state index contributed by atoms with van der Waals surface area (Å²) in [4.78, 5) is 33.5. The van der Waals surface area contributed by atoms with Crippen molar-refractivity contribution in [1.82, 2.24) is 9.80 Å². The normalized spacial score (nSPS) is 27.2. The van der Waals surface area contributed by atoms with Gasteiger partial charge in [0, 0.05) is 25.7 Å². The summed E-state index contributed by atoms with van der Waals surface area (Å²) in [7, 11) is 0. The number of likely N-dealkylation sites (tertiary alicyclic amines) is 2. The molecule has 4 heterocycles. The van der Waals surface area contributed by atoms with Crippen LogP contribution in [-0.4, -0.2) is 57.8 Å². The van der Waals surface area contributed by atoms with Crippen LogP contribution in [0.15, 0.2) is 39.7 Å². The zero-order valence-electron chi connectivity index (χ0n) is 19.5. The van der Waals surface area contributed by atoms with E-state index in [1.165, 1.54) is 27.8 Å². The molecule has 1 N–H and O–H groups in total. The fourth-order valence-electron chi connectivity index (χ4n) is 5.58. The maximum atomic E-state index is 12.9. The van der Waals surface area contributed by atoms with Gasteiger partial charge in [-0.3, -0.25) is 4.79 Å². The van der Waals surface area contributed by atoms with Gasteiger partial charge in [0.05, 0.1) is 17.1 Å². The Kier molecular flexibility index (Phi) is 5.56. The van der Waals surface area contributed by atoms with Crippen molar-refractivity contribution in [3.8, 4) is 0 Å². The number of amides is 2. The molecule has 33 heavy (non-hydrogen) atoms. The van der Waals surface area contributed by atoms with Gasteiger partial charge in [0.2, 0.25) is 0 Å². The van der Waals surface area contributed by atoms with Crippen LogP contribution < -0.4 is 0 Å². The molecule has 0 aromatic heterocycles.